The summed E-state index contributed by atoms with van der Waals surface area (Å²) in [5, 5.41) is 9.43. The van der Waals surface area contributed by atoms with Gasteiger partial charge in [0.2, 0.25) is 0 Å². The lowest BCUT2D eigenvalue weighted by Crippen LogP contribution is -2.10. The largest absolute Gasteiger partial charge is 0.481 e. The third kappa shape index (κ3) is 4.50. The number of benzene rings is 2. The molecule has 0 aliphatic carbocycles. The van der Waals surface area contributed by atoms with Crippen LogP contribution in [0.1, 0.15) is 42.9 Å². The summed E-state index contributed by atoms with van der Waals surface area (Å²) >= 11 is 6.05. The first-order chi connectivity index (χ1) is 13.6. The van der Waals surface area contributed by atoms with Gasteiger partial charge in [0, 0.05) is 17.1 Å². The maximum atomic E-state index is 13.6. The van der Waals surface area contributed by atoms with Crippen molar-refractivity contribution in [3.8, 4) is 11.5 Å². The summed E-state index contributed by atoms with van der Waals surface area (Å²) in [6, 6.07) is 6.90. The highest BCUT2D eigenvalue weighted by Gasteiger charge is 2.36. The number of carboxylic acids is 1. The molecule has 3 rings (SSSR count). The van der Waals surface area contributed by atoms with Crippen molar-refractivity contribution >= 4 is 28.5 Å². The number of aromatic amines is 1. The van der Waals surface area contributed by atoms with Gasteiger partial charge in [-0.15, -0.1) is 0 Å². The second-order valence-electron chi connectivity index (χ2n) is 6.89. The molecule has 0 fully saturated rings. The summed E-state index contributed by atoms with van der Waals surface area (Å²) in [7, 11) is 0. The van der Waals surface area contributed by atoms with Crippen molar-refractivity contribution in [1.29, 1.82) is 0 Å². The molecule has 3 aromatic rings. The molecule has 1 heterocycles. The molecule has 1 atom stereocenters. The lowest BCUT2D eigenvalue weighted by molar-refractivity contribution is -0.139. The molecule has 4 nitrogen and oxygen atoms in total. The highest BCUT2D eigenvalue weighted by atomic mass is 35.5. The average Bonchev–Trinajstić information content (AvgIpc) is 3.05. The summed E-state index contributed by atoms with van der Waals surface area (Å²) in [5.41, 5.74) is 0.735. The monoisotopic (exact) mass is 425 g/mol. The summed E-state index contributed by atoms with van der Waals surface area (Å²) in [6.07, 6.45) is -2.53. The first-order valence-corrected chi connectivity index (χ1v) is 9.38. The van der Waals surface area contributed by atoms with Crippen molar-refractivity contribution in [2.45, 2.75) is 38.8 Å². The molecule has 1 aromatic heterocycles. The number of alkyl halides is 3. The molecule has 0 aliphatic rings. The standard InChI is InChI=1S/C21H19ClF3NO3/c1-3-11(2)15-10-26-18-5-4-13(9-14(15)18)29-20-16(21(23,24)25)6-12(7-17(20)22)8-19(27)28/h4-7,9-11,26H,3,8H2,1-2H3,(H,27,28). The van der Waals surface area contributed by atoms with Crippen molar-refractivity contribution in [2.75, 3.05) is 0 Å². The fraction of sp³-hybridized carbons (Fsp3) is 0.286. The molecule has 0 amide bonds. The van der Waals surface area contributed by atoms with E-state index in [4.69, 9.17) is 21.4 Å². The minimum Gasteiger partial charge on any atom is -0.481 e. The minimum absolute atomic E-state index is 0.0534. The summed E-state index contributed by atoms with van der Waals surface area (Å²) in [6.45, 7) is 4.12. The van der Waals surface area contributed by atoms with Crippen LogP contribution in [0.2, 0.25) is 5.02 Å². The van der Waals surface area contributed by atoms with Gasteiger partial charge in [-0.3, -0.25) is 4.79 Å². The molecular weight excluding hydrogens is 407 g/mol. The van der Waals surface area contributed by atoms with Crippen LogP contribution in [-0.2, 0) is 17.4 Å². The normalized spacial score (nSPS) is 12.9. The van der Waals surface area contributed by atoms with Gasteiger partial charge < -0.3 is 14.8 Å². The molecule has 0 spiro atoms. The van der Waals surface area contributed by atoms with Gasteiger partial charge in [-0.25, -0.2) is 0 Å². The van der Waals surface area contributed by atoms with Crippen LogP contribution in [0.15, 0.2) is 36.5 Å². The van der Waals surface area contributed by atoms with Crippen LogP contribution in [0.4, 0.5) is 13.2 Å². The third-order valence-electron chi connectivity index (χ3n) is 4.81. The number of aliphatic carboxylic acids is 1. The van der Waals surface area contributed by atoms with Gasteiger partial charge in [0.15, 0.2) is 5.75 Å². The van der Waals surface area contributed by atoms with E-state index >= 15 is 0 Å². The molecule has 2 N–H and O–H groups in total. The Hall–Kier alpha value is -2.67. The molecule has 0 saturated carbocycles. The number of hydrogen-bond acceptors (Lipinski definition) is 2. The Morgan fingerprint density at radius 2 is 2.00 bits per heavy atom. The summed E-state index contributed by atoms with van der Waals surface area (Å²) in [5.74, 6) is -1.32. The SMILES string of the molecule is CCC(C)c1c[nH]c2ccc(Oc3c(Cl)cc(CC(=O)O)cc3C(F)(F)F)cc12. The van der Waals surface area contributed by atoms with Gasteiger partial charge in [0.05, 0.1) is 17.0 Å². The Morgan fingerprint density at radius 3 is 2.62 bits per heavy atom. The van der Waals surface area contributed by atoms with Gasteiger partial charge in [-0.1, -0.05) is 25.4 Å². The Kier molecular flexibility index (Phi) is 5.80. The van der Waals surface area contributed by atoms with Crippen molar-refractivity contribution < 1.29 is 27.8 Å². The fourth-order valence-corrected chi connectivity index (χ4v) is 3.45. The molecule has 2 aromatic carbocycles. The predicted molar refractivity (Wildman–Crippen MR) is 105 cm³/mol. The summed E-state index contributed by atoms with van der Waals surface area (Å²) < 4.78 is 46.3. The Bertz CT molecular complexity index is 1060. The predicted octanol–water partition coefficient (Wildman–Crippen LogP) is 6.77. The van der Waals surface area contributed by atoms with E-state index in [0.717, 1.165) is 29.0 Å². The van der Waals surface area contributed by atoms with Crippen LogP contribution in [0.3, 0.4) is 0 Å². The third-order valence-corrected chi connectivity index (χ3v) is 5.09. The van der Waals surface area contributed by atoms with Crippen LogP contribution < -0.4 is 4.74 Å². The Balaban J connectivity index is 2.06. The molecule has 0 bridgehead atoms. The molecule has 0 saturated heterocycles. The highest BCUT2D eigenvalue weighted by molar-refractivity contribution is 6.32. The molecule has 0 aliphatic heterocycles. The van der Waals surface area contributed by atoms with Crippen LogP contribution in [0, 0.1) is 0 Å². The van der Waals surface area contributed by atoms with E-state index < -0.39 is 29.9 Å². The van der Waals surface area contributed by atoms with E-state index in [-0.39, 0.29) is 22.3 Å². The minimum atomic E-state index is -4.76. The number of carboxylic acid groups (broad SMARTS) is 1. The maximum Gasteiger partial charge on any atom is 0.420 e. The maximum absolute atomic E-state index is 13.6. The van der Waals surface area contributed by atoms with Gasteiger partial charge >= 0.3 is 12.1 Å². The highest BCUT2D eigenvalue weighted by Crippen LogP contribution is 2.43. The van der Waals surface area contributed by atoms with E-state index in [0.29, 0.717) is 0 Å². The lowest BCUT2D eigenvalue weighted by Gasteiger charge is -2.17. The number of nitrogens with one attached hydrogen (secondary N) is 1. The van der Waals surface area contributed by atoms with Crippen molar-refractivity contribution in [2.24, 2.45) is 0 Å². The van der Waals surface area contributed by atoms with Crippen LogP contribution in [0.25, 0.3) is 10.9 Å². The van der Waals surface area contributed by atoms with Gasteiger partial charge in [-0.2, -0.15) is 13.2 Å². The average molecular weight is 426 g/mol. The lowest BCUT2D eigenvalue weighted by atomic mass is 9.98. The Labute approximate surface area is 170 Å². The van der Waals surface area contributed by atoms with Crippen LogP contribution in [0.5, 0.6) is 11.5 Å². The van der Waals surface area contributed by atoms with Crippen molar-refractivity contribution in [1.82, 2.24) is 4.98 Å². The van der Waals surface area contributed by atoms with E-state index in [1.165, 1.54) is 6.07 Å². The molecule has 29 heavy (non-hydrogen) atoms. The van der Waals surface area contributed by atoms with Gasteiger partial charge in [0.25, 0.3) is 0 Å². The summed E-state index contributed by atoms with van der Waals surface area (Å²) in [4.78, 5) is 14.0. The molecule has 1 unspecified atom stereocenters. The molecular formula is C21H19ClF3NO3. The van der Waals surface area contributed by atoms with E-state index in [1.807, 2.05) is 6.20 Å². The second kappa shape index (κ2) is 7.99. The Morgan fingerprint density at radius 1 is 1.28 bits per heavy atom. The molecule has 0 radical (unpaired) electrons. The number of halogens is 4. The molecule has 154 valence electrons. The topological polar surface area (TPSA) is 62.3 Å². The van der Waals surface area contributed by atoms with E-state index in [9.17, 15) is 18.0 Å². The number of rotatable bonds is 6. The molecule has 8 heteroatoms. The van der Waals surface area contributed by atoms with E-state index in [2.05, 4.69) is 18.8 Å². The number of fused-ring (bicyclic) bond motifs is 1. The number of ether oxygens (including phenoxy) is 1. The van der Waals surface area contributed by atoms with Gasteiger partial charge in [0.1, 0.15) is 5.75 Å². The first-order valence-electron chi connectivity index (χ1n) is 9.00. The zero-order valence-corrected chi connectivity index (χ0v) is 16.5. The number of aromatic nitrogens is 1. The fourth-order valence-electron chi connectivity index (χ4n) is 3.17. The zero-order chi connectivity index (χ0) is 21.3. The van der Waals surface area contributed by atoms with Crippen molar-refractivity contribution in [3.05, 3.63) is 58.2 Å². The zero-order valence-electron chi connectivity index (χ0n) is 15.7. The van der Waals surface area contributed by atoms with Crippen molar-refractivity contribution in [3.63, 3.8) is 0 Å². The van der Waals surface area contributed by atoms with E-state index in [1.54, 1.807) is 18.2 Å². The number of carbonyl (C=O) groups is 1. The quantitative estimate of drug-likeness (QED) is 0.458. The van der Waals surface area contributed by atoms with Crippen LogP contribution >= 0.6 is 11.6 Å². The second-order valence-corrected chi connectivity index (χ2v) is 7.29. The number of H-pyrrole nitrogens is 1. The van der Waals surface area contributed by atoms with Gasteiger partial charge in [-0.05, 0) is 53.8 Å². The first kappa shape index (κ1) is 21.0. The smallest absolute Gasteiger partial charge is 0.420 e. The van der Waals surface area contributed by atoms with Crippen LogP contribution in [-0.4, -0.2) is 16.1 Å². The number of hydrogen-bond donors (Lipinski definition) is 2.